The van der Waals surface area contributed by atoms with Gasteiger partial charge in [0.05, 0.1) is 32.2 Å². The minimum absolute atomic E-state index is 0.0857. The van der Waals surface area contributed by atoms with E-state index in [1.54, 1.807) is 31.8 Å². The van der Waals surface area contributed by atoms with Gasteiger partial charge < -0.3 is 23.9 Å². The summed E-state index contributed by atoms with van der Waals surface area (Å²) in [5.41, 5.74) is 4.17. The van der Waals surface area contributed by atoms with Crippen molar-refractivity contribution in [1.29, 1.82) is 0 Å². The number of aromatic hydroxyl groups is 1. The second-order valence-corrected chi connectivity index (χ2v) is 7.42. The number of rotatable bonds is 6. The lowest BCUT2D eigenvalue weighted by Crippen LogP contribution is -2.14. The van der Waals surface area contributed by atoms with Gasteiger partial charge in [-0.25, -0.2) is 4.79 Å². The Morgan fingerprint density at radius 1 is 1.12 bits per heavy atom. The Morgan fingerprint density at radius 2 is 1.88 bits per heavy atom. The van der Waals surface area contributed by atoms with E-state index in [1.807, 2.05) is 37.3 Å². The molecule has 0 saturated carbocycles. The van der Waals surface area contributed by atoms with Gasteiger partial charge in [0, 0.05) is 12.1 Å². The molecule has 0 saturated heterocycles. The van der Waals surface area contributed by atoms with Crippen molar-refractivity contribution in [2.75, 3.05) is 20.8 Å². The summed E-state index contributed by atoms with van der Waals surface area (Å²) < 4.78 is 17.9. The summed E-state index contributed by atoms with van der Waals surface area (Å²) in [5.74, 6) is 0.433. The lowest BCUT2D eigenvalue weighted by atomic mass is 9.95. The van der Waals surface area contributed by atoms with E-state index in [2.05, 4.69) is 10.2 Å². The van der Waals surface area contributed by atoms with Crippen LogP contribution in [0.5, 0.6) is 17.4 Å². The van der Waals surface area contributed by atoms with Crippen LogP contribution in [0.3, 0.4) is 0 Å². The van der Waals surface area contributed by atoms with Crippen LogP contribution in [0.4, 0.5) is 11.4 Å². The van der Waals surface area contributed by atoms with Crippen molar-refractivity contribution in [3.63, 3.8) is 0 Å². The van der Waals surface area contributed by atoms with Crippen LogP contribution in [0, 0.1) is 6.92 Å². The summed E-state index contributed by atoms with van der Waals surface area (Å²) in [4.78, 5) is 13.0. The highest BCUT2D eigenvalue weighted by atomic mass is 16.5. The van der Waals surface area contributed by atoms with Gasteiger partial charge in [-0.05, 0) is 55.7 Å². The van der Waals surface area contributed by atoms with Gasteiger partial charge in [0.2, 0.25) is 5.88 Å². The predicted octanol–water partition coefficient (Wildman–Crippen LogP) is 5.33. The zero-order chi connectivity index (χ0) is 22.8. The van der Waals surface area contributed by atoms with Gasteiger partial charge in [-0.2, -0.15) is 5.11 Å². The minimum atomic E-state index is -0.572. The molecule has 8 nitrogen and oxygen atoms in total. The van der Waals surface area contributed by atoms with E-state index in [1.165, 1.54) is 0 Å². The number of ether oxygens (including phenoxy) is 3. The molecule has 2 heterocycles. The number of methoxy groups -OCH3 is 2. The second kappa shape index (κ2) is 8.74. The van der Waals surface area contributed by atoms with Crippen molar-refractivity contribution in [1.82, 2.24) is 4.57 Å². The van der Waals surface area contributed by atoms with Crippen LogP contribution in [0.15, 0.2) is 46.6 Å². The van der Waals surface area contributed by atoms with Crippen LogP contribution in [0.2, 0.25) is 0 Å². The molecule has 0 unspecified atom stereocenters. The largest absolute Gasteiger partial charge is 0.493 e. The Balaban J connectivity index is 1.93. The molecular weight excluding hydrogens is 410 g/mol. The van der Waals surface area contributed by atoms with Gasteiger partial charge >= 0.3 is 5.97 Å². The van der Waals surface area contributed by atoms with Crippen molar-refractivity contribution in [3.05, 3.63) is 53.1 Å². The summed E-state index contributed by atoms with van der Waals surface area (Å²) >= 11 is 0. The number of esters is 1. The van der Waals surface area contributed by atoms with Crippen LogP contribution in [-0.2, 0) is 17.7 Å². The van der Waals surface area contributed by atoms with Gasteiger partial charge in [-0.15, -0.1) is 5.11 Å². The molecule has 0 spiro atoms. The van der Waals surface area contributed by atoms with Gasteiger partial charge in [0.25, 0.3) is 0 Å². The average molecular weight is 435 g/mol. The van der Waals surface area contributed by atoms with Crippen molar-refractivity contribution in [2.45, 2.75) is 26.8 Å². The number of hydrogen-bond donors (Lipinski definition) is 1. The fraction of sp³-hybridized carbons (Fsp3) is 0.292. The molecule has 0 fully saturated rings. The van der Waals surface area contributed by atoms with Crippen molar-refractivity contribution in [3.8, 4) is 28.6 Å². The number of aryl methyl sites for hydroxylation is 2. The predicted molar refractivity (Wildman–Crippen MR) is 120 cm³/mol. The topological polar surface area (TPSA) is 94.6 Å². The first-order valence-corrected chi connectivity index (χ1v) is 10.3. The standard InChI is InChI=1S/C24H25N3O5/c1-5-32-24(29)20-21(26-25-16-8-6-7-14(2)11-16)23(28)27-10-9-15-12-18(30-3)19(31-4)13-17(15)22(20)27/h6-8,11-13,28H,5,9-10H2,1-4H3. The molecule has 0 atom stereocenters. The van der Waals surface area contributed by atoms with Crippen LogP contribution in [0.25, 0.3) is 11.3 Å². The van der Waals surface area contributed by atoms with E-state index in [0.29, 0.717) is 35.8 Å². The van der Waals surface area contributed by atoms with Crippen LogP contribution in [0.1, 0.15) is 28.4 Å². The van der Waals surface area contributed by atoms with Gasteiger partial charge in [-0.1, -0.05) is 12.1 Å². The highest BCUT2D eigenvalue weighted by molar-refractivity contribution is 6.04. The zero-order valence-electron chi connectivity index (χ0n) is 18.5. The number of aromatic nitrogens is 1. The molecule has 2 aromatic carbocycles. The Morgan fingerprint density at radius 3 is 2.56 bits per heavy atom. The monoisotopic (exact) mass is 435 g/mol. The smallest absolute Gasteiger partial charge is 0.342 e. The van der Waals surface area contributed by atoms with Gasteiger partial charge in [0.15, 0.2) is 17.2 Å². The van der Waals surface area contributed by atoms with E-state index in [4.69, 9.17) is 14.2 Å². The molecule has 1 aliphatic heterocycles. The average Bonchev–Trinajstić information content (AvgIpc) is 3.08. The van der Waals surface area contributed by atoms with E-state index >= 15 is 0 Å². The van der Waals surface area contributed by atoms with Gasteiger partial charge in [-0.3, -0.25) is 0 Å². The first-order valence-electron chi connectivity index (χ1n) is 10.3. The molecule has 0 aliphatic carbocycles. The molecule has 166 valence electrons. The van der Waals surface area contributed by atoms with Gasteiger partial charge in [0.1, 0.15) is 5.56 Å². The molecule has 3 aromatic rings. The normalized spacial score (nSPS) is 12.4. The third-order valence-corrected chi connectivity index (χ3v) is 5.43. The third kappa shape index (κ3) is 3.68. The maximum absolute atomic E-state index is 13.0. The number of benzene rings is 2. The number of fused-ring (bicyclic) bond motifs is 3. The molecule has 32 heavy (non-hydrogen) atoms. The highest BCUT2D eigenvalue weighted by Crippen LogP contribution is 2.48. The molecule has 0 bridgehead atoms. The first-order chi connectivity index (χ1) is 15.5. The Hall–Kier alpha value is -3.81. The summed E-state index contributed by atoms with van der Waals surface area (Å²) in [6.45, 7) is 4.35. The fourth-order valence-electron chi connectivity index (χ4n) is 3.96. The van der Waals surface area contributed by atoms with Crippen molar-refractivity contribution in [2.24, 2.45) is 10.2 Å². The molecule has 0 radical (unpaired) electrons. The molecule has 1 N–H and O–H groups in total. The summed E-state index contributed by atoms with van der Waals surface area (Å²) in [7, 11) is 3.13. The van der Waals surface area contributed by atoms with E-state index < -0.39 is 5.97 Å². The fourth-order valence-corrected chi connectivity index (χ4v) is 3.96. The summed E-state index contributed by atoms with van der Waals surface area (Å²) in [6, 6.07) is 11.2. The quantitative estimate of drug-likeness (QED) is 0.417. The number of hydrogen-bond acceptors (Lipinski definition) is 7. The lowest BCUT2D eigenvalue weighted by Gasteiger charge is -2.22. The first kappa shape index (κ1) is 21.4. The molecule has 1 aromatic heterocycles. The van der Waals surface area contributed by atoms with E-state index in [0.717, 1.165) is 16.7 Å². The van der Waals surface area contributed by atoms with Crippen LogP contribution in [-0.4, -0.2) is 36.5 Å². The molecule has 0 amide bonds. The zero-order valence-corrected chi connectivity index (χ0v) is 18.5. The van der Waals surface area contributed by atoms with Crippen LogP contribution >= 0.6 is 0 Å². The SMILES string of the molecule is CCOC(=O)c1c(N=Nc2cccc(C)c2)c(O)n2c1-c1cc(OC)c(OC)cc1CC2. The van der Waals surface area contributed by atoms with E-state index in [-0.39, 0.29) is 23.7 Å². The van der Waals surface area contributed by atoms with Crippen molar-refractivity contribution >= 4 is 17.3 Å². The second-order valence-electron chi connectivity index (χ2n) is 7.42. The van der Waals surface area contributed by atoms with E-state index in [9.17, 15) is 9.90 Å². The summed E-state index contributed by atoms with van der Waals surface area (Å²) in [5, 5.41) is 19.5. The maximum atomic E-state index is 13.0. The molecular formula is C24H25N3O5. The lowest BCUT2D eigenvalue weighted by molar-refractivity contribution is 0.0528. The van der Waals surface area contributed by atoms with Crippen LogP contribution < -0.4 is 9.47 Å². The Labute approximate surface area is 186 Å². The summed E-state index contributed by atoms with van der Waals surface area (Å²) in [6.07, 6.45) is 0.641. The number of carbonyl (C=O) groups excluding carboxylic acids is 1. The minimum Gasteiger partial charge on any atom is -0.493 e. The molecule has 8 heteroatoms. The molecule has 4 rings (SSSR count). The third-order valence-electron chi connectivity index (χ3n) is 5.43. The van der Waals surface area contributed by atoms with Crippen molar-refractivity contribution < 1.29 is 24.1 Å². The molecule has 1 aliphatic rings. The Bertz CT molecular complexity index is 1210. The number of carbonyl (C=O) groups is 1. The maximum Gasteiger partial charge on any atom is 0.342 e. The number of azo groups is 1. The Kier molecular flexibility index (Phi) is 5.85. The highest BCUT2D eigenvalue weighted by Gasteiger charge is 2.33. The number of nitrogens with zero attached hydrogens (tertiary/aromatic N) is 3.